The third-order valence-corrected chi connectivity index (χ3v) is 5.17. The van der Waals surface area contributed by atoms with Gasteiger partial charge >= 0.3 is 6.03 Å². The Labute approximate surface area is 162 Å². The Kier molecular flexibility index (Phi) is 4.33. The number of amides is 4. The number of rotatable bonds is 4. The second kappa shape index (κ2) is 6.70. The van der Waals surface area contributed by atoms with Crippen molar-refractivity contribution in [3.8, 4) is 5.75 Å². The zero-order valence-corrected chi connectivity index (χ0v) is 15.7. The van der Waals surface area contributed by atoms with Gasteiger partial charge in [0.25, 0.3) is 5.91 Å². The molecule has 28 heavy (non-hydrogen) atoms. The van der Waals surface area contributed by atoms with E-state index in [-0.39, 0.29) is 19.0 Å². The maximum atomic E-state index is 13.2. The first-order valence-corrected chi connectivity index (χ1v) is 9.06. The van der Waals surface area contributed by atoms with Gasteiger partial charge in [0.2, 0.25) is 5.91 Å². The third-order valence-electron chi connectivity index (χ3n) is 5.17. The predicted molar refractivity (Wildman–Crippen MR) is 98.4 cm³/mol. The van der Waals surface area contributed by atoms with Crippen LogP contribution in [0.1, 0.15) is 23.5 Å². The Morgan fingerprint density at radius 2 is 2.04 bits per heavy atom. The minimum Gasteiger partial charge on any atom is -0.493 e. The lowest BCUT2D eigenvalue weighted by molar-refractivity contribution is -0.139. The van der Waals surface area contributed by atoms with Crippen molar-refractivity contribution in [1.29, 1.82) is 0 Å². The molecule has 1 atom stereocenters. The molecule has 2 aromatic rings. The molecule has 2 aliphatic rings. The fourth-order valence-electron chi connectivity index (χ4n) is 3.66. The summed E-state index contributed by atoms with van der Waals surface area (Å²) in [6, 6.07) is 10.2. The summed E-state index contributed by atoms with van der Waals surface area (Å²) in [5, 5.41) is 2.79. The number of nitrogens with one attached hydrogen (secondary N) is 1. The molecule has 1 aromatic carbocycles. The van der Waals surface area contributed by atoms with E-state index in [1.807, 2.05) is 19.1 Å². The van der Waals surface area contributed by atoms with Gasteiger partial charge in [0.1, 0.15) is 23.8 Å². The fourth-order valence-corrected chi connectivity index (χ4v) is 3.66. The minimum atomic E-state index is -1.18. The van der Waals surface area contributed by atoms with Gasteiger partial charge in [-0.25, -0.2) is 4.79 Å². The molecule has 2 aliphatic heterocycles. The average Bonchev–Trinajstić information content (AvgIpc) is 3.18. The van der Waals surface area contributed by atoms with E-state index in [4.69, 9.17) is 9.15 Å². The zero-order chi connectivity index (χ0) is 19.9. The van der Waals surface area contributed by atoms with Crippen LogP contribution in [0.25, 0.3) is 0 Å². The van der Waals surface area contributed by atoms with Crippen LogP contribution in [0.2, 0.25) is 0 Å². The number of benzene rings is 1. The number of likely N-dealkylation sites (N-methyl/N-ethyl adjacent to an activating group) is 1. The van der Waals surface area contributed by atoms with Crippen molar-refractivity contribution in [1.82, 2.24) is 15.1 Å². The summed E-state index contributed by atoms with van der Waals surface area (Å²) in [4.78, 5) is 40.7. The van der Waals surface area contributed by atoms with Gasteiger partial charge in [0.05, 0.1) is 13.2 Å². The van der Waals surface area contributed by atoms with Crippen LogP contribution in [0, 0.1) is 6.92 Å². The number of aryl methyl sites for hydroxylation is 1. The van der Waals surface area contributed by atoms with Gasteiger partial charge in [-0.3, -0.25) is 14.5 Å². The van der Waals surface area contributed by atoms with Gasteiger partial charge in [-0.2, -0.15) is 0 Å². The van der Waals surface area contributed by atoms with Crippen LogP contribution in [0.5, 0.6) is 5.75 Å². The number of imide groups is 1. The highest BCUT2D eigenvalue weighted by molar-refractivity contribution is 6.09. The molecule has 0 aliphatic carbocycles. The van der Waals surface area contributed by atoms with E-state index >= 15 is 0 Å². The Hall–Kier alpha value is -3.29. The lowest BCUT2D eigenvalue weighted by Crippen LogP contribution is -2.48. The minimum absolute atomic E-state index is 0.262. The molecule has 0 saturated carbocycles. The molecule has 1 fully saturated rings. The Balaban J connectivity index is 1.51. The largest absolute Gasteiger partial charge is 0.493 e. The Morgan fingerprint density at radius 3 is 2.79 bits per heavy atom. The lowest BCUT2D eigenvalue weighted by atomic mass is 9.84. The molecule has 146 valence electrons. The van der Waals surface area contributed by atoms with Crippen LogP contribution in [0.15, 0.2) is 40.8 Å². The molecule has 0 radical (unpaired) electrons. The summed E-state index contributed by atoms with van der Waals surface area (Å²) >= 11 is 0. The van der Waals surface area contributed by atoms with Crippen LogP contribution in [0.3, 0.4) is 0 Å². The molecular weight excluding hydrogens is 362 g/mol. The average molecular weight is 383 g/mol. The Morgan fingerprint density at radius 1 is 1.25 bits per heavy atom. The van der Waals surface area contributed by atoms with Crippen molar-refractivity contribution in [3.05, 3.63) is 53.5 Å². The monoisotopic (exact) mass is 383 g/mol. The van der Waals surface area contributed by atoms with Gasteiger partial charge in [-0.15, -0.1) is 0 Å². The maximum Gasteiger partial charge on any atom is 0.325 e. The summed E-state index contributed by atoms with van der Waals surface area (Å²) in [7, 11) is 1.61. The smallest absolute Gasteiger partial charge is 0.325 e. The quantitative estimate of drug-likeness (QED) is 0.813. The van der Waals surface area contributed by atoms with E-state index in [1.54, 1.807) is 31.3 Å². The highest BCUT2D eigenvalue weighted by Crippen LogP contribution is 2.40. The summed E-state index contributed by atoms with van der Waals surface area (Å²) < 4.78 is 11.1. The molecule has 8 nitrogen and oxygen atoms in total. The number of carbonyl (C=O) groups is 3. The van der Waals surface area contributed by atoms with Crippen molar-refractivity contribution in [2.24, 2.45) is 0 Å². The number of carbonyl (C=O) groups excluding carboxylic acids is 3. The van der Waals surface area contributed by atoms with E-state index < -0.39 is 17.5 Å². The molecule has 1 N–H and O–H groups in total. The zero-order valence-electron chi connectivity index (χ0n) is 15.7. The van der Waals surface area contributed by atoms with Crippen LogP contribution in [-0.2, 0) is 21.7 Å². The van der Waals surface area contributed by atoms with Crippen LogP contribution in [0.4, 0.5) is 4.79 Å². The van der Waals surface area contributed by atoms with E-state index in [0.29, 0.717) is 30.1 Å². The van der Waals surface area contributed by atoms with Crippen molar-refractivity contribution in [2.75, 3.05) is 20.2 Å². The molecule has 8 heteroatoms. The molecule has 4 rings (SSSR count). The van der Waals surface area contributed by atoms with Gasteiger partial charge in [-0.1, -0.05) is 18.2 Å². The van der Waals surface area contributed by atoms with Crippen LogP contribution < -0.4 is 10.1 Å². The highest BCUT2D eigenvalue weighted by Gasteiger charge is 2.55. The van der Waals surface area contributed by atoms with Crippen molar-refractivity contribution in [3.63, 3.8) is 0 Å². The number of hydrogen-bond donors (Lipinski definition) is 1. The van der Waals surface area contributed by atoms with Gasteiger partial charge in [0.15, 0.2) is 5.54 Å². The summed E-state index contributed by atoms with van der Waals surface area (Å²) in [6.45, 7) is 2.07. The Bertz CT molecular complexity index is 953. The first kappa shape index (κ1) is 18.1. The molecule has 1 aromatic heterocycles. The van der Waals surface area contributed by atoms with Gasteiger partial charge in [0, 0.05) is 19.0 Å². The van der Waals surface area contributed by atoms with Crippen molar-refractivity contribution >= 4 is 17.8 Å². The van der Waals surface area contributed by atoms with Crippen LogP contribution >= 0.6 is 0 Å². The number of urea groups is 1. The van der Waals surface area contributed by atoms with Gasteiger partial charge < -0.3 is 19.4 Å². The van der Waals surface area contributed by atoms with Crippen molar-refractivity contribution in [2.45, 2.75) is 25.4 Å². The third kappa shape index (κ3) is 2.90. The SMILES string of the molecule is Cc1ccc(CN(C)C(=O)CN2C(=O)N[C@]3(CCOc4ccccc43)C2=O)o1. The normalized spacial score (nSPS) is 20.7. The summed E-state index contributed by atoms with van der Waals surface area (Å²) in [5.74, 6) is 1.19. The molecule has 1 spiro atoms. The van der Waals surface area contributed by atoms with Gasteiger partial charge in [-0.05, 0) is 25.1 Å². The number of hydrogen-bond acceptors (Lipinski definition) is 5. The first-order chi connectivity index (χ1) is 13.4. The predicted octanol–water partition coefficient (Wildman–Crippen LogP) is 1.78. The molecule has 3 heterocycles. The van der Waals surface area contributed by atoms with E-state index in [2.05, 4.69) is 5.32 Å². The molecule has 0 unspecified atom stereocenters. The van der Waals surface area contributed by atoms with E-state index in [1.165, 1.54) is 4.90 Å². The summed E-state index contributed by atoms with van der Waals surface area (Å²) in [6.07, 6.45) is 0.320. The second-order valence-corrected chi connectivity index (χ2v) is 7.08. The van der Waals surface area contributed by atoms with Crippen LogP contribution in [-0.4, -0.2) is 47.8 Å². The molecule has 4 amide bonds. The lowest BCUT2D eigenvalue weighted by Gasteiger charge is -2.33. The summed E-state index contributed by atoms with van der Waals surface area (Å²) in [5.41, 5.74) is -0.558. The molecule has 1 saturated heterocycles. The molecule has 0 bridgehead atoms. The number of furan rings is 1. The number of nitrogens with zero attached hydrogens (tertiary/aromatic N) is 2. The fraction of sp³-hybridized carbons (Fsp3) is 0.350. The van der Waals surface area contributed by atoms with Crippen molar-refractivity contribution < 1.29 is 23.5 Å². The maximum absolute atomic E-state index is 13.2. The number of ether oxygens (including phenoxy) is 1. The first-order valence-electron chi connectivity index (χ1n) is 9.06. The molecular formula is C20H21N3O5. The standard InChI is InChI=1S/C20H21N3O5/c1-13-7-8-14(28-13)11-22(2)17(24)12-23-18(25)20(21-19(23)26)9-10-27-16-6-4-3-5-15(16)20/h3-8H,9-12H2,1-2H3,(H,21,26)/t20-/m0/s1. The number of para-hydroxylation sites is 1. The highest BCUT2D eigenvalue weighted by atomic mass is 16.5. The van der Waals surface area contributed by atoms with E-state index in [0.717, 1.165) is 10.7 Å². The topological polar surface area (TPSA) is 92.1 Å². The van der Waals surface area contributed by atoms with E-state index in [9.17, 15) is 14.4 Å². The second-order valence-electron chi connectivity index (χ2n) is 7.08. The number of fused-ring (bicyclic) bond motifs is 2.